The number of likely N-dealkylation sites (tertiary alicyclic amines) is 4. The number of carbonyl (C=O) groups is 4. The highest BCUT2D eigenvalue weighted by Crippen LogP contribution is 2.49. The topological polar surface area (TPSA) is 236 Å². The molecule has 148 heavy (non-hydrogen) atoms. The van der Waals surface area contributed by atoms with Crippen LogP contribution in [0.1, 0.15) is 168 Å². The molecule has 4 aliphatic heterocycles. The fourth-order valence-electron chi connectivity index (χ4n) is 19.1. The molecular weight excluding hydrogens is 1970 g/mol. The monoisotopic (exact) mass is 2090 g/mol. The number of phenols is 4. The molecular formula is C121H123ClF2N4O16S4. The molecule has 0 aliphatic carbocycles. The van der Waals surface area contributed by atoms with Gasteiger partial charge in [-0.25, -0.2) is 8.78 Å². The summed E-state index contributed by atoms with van der Waals surface area (Å²) in [7, 11) is 0. The van der Waals surface area contributed by atoms with Gasteiger partial charge in [0, 0.05) is 120 Å². The maximum absolute atomic E-state index is 13.9. The zero-order valence-electron chi connectivity index (χ0n) is 84.6. The molecule has 0 saturated carbocycles. The number of rotatable bonds is 36. The van der Waals surface area contributed by atoms with Gasteiger partial charge in [-0.15, -0.1) is 45.3 Å². The predicted molar refractivity (Wildman–Crippen MR) is 589 cm³/mol. The summed E-state index contributed by atoms with van der Waals surface area (Å²) < 4.78 is 79.4. The van der Waals surface area contributed by atoms with E-state index >= 15 is 0 Å². The van der Waals surface area contributed by atoms with Gasteiger partial charge in [0.15, 0.2) is 23.0 Å². The molecule has 20 rings (SSSR count). The SMILES string of the molecule is Cc1cc(F)ccc1C(=O)c1sc2cc(O)ccc2c1Oc1ccc(OCCCN2CC[C@@H](C)C2)cc1.Cc1ccc(C(=O)c2sc3cc(O)ccc3c2Oc2ccc(OCCCN3CC[C@@H](C)C3)cc2)c(C)c1.Cc1ccc(Cl)cc1C(=O)c1sc2cc(O)ccc2c1Oc1ccc(OCCCN2CC[C@@H](C)C2)cc1.Cc1ccc(F)cc1C(=O)c1sc2cc(O)ccc2c1Oc1ccc(OCCCN2CC[C@@H](C)C2)cc1. The van der Waals surface area contributed by atoms with Crippen molar-refractivity contribution in [3.63, 3.8) is 0 Å². The van der Waals surface area contributed by atoms with Gasteiger partial charge < -0.3 is 77.9 Å². The second kappa shape index (κ2) is 49.3. The van der Waals surface area contributed by atoms with Gasteiger partial charge in [-0.1, -0.05) is 75.2 Å². The van der Waals surface area contributed by atoms with Gasteiger partial charge in [0.1, 0.15) is 100 Å². The quantitative estimate of drug-likeness (QED) is 0.0211. The van der Waals surface area contributed by atoms with Gasteiger partial charge in [0.2, 0.25) is 23.1 Å². The zero-order chi connectivity index (χ0) is 104. The van der Waals surface area contributed by atoms with Crippen LogP contribution in [0.3, 0.4) is 0 Å². The number of aromatic hydroxyl groups is 4. The largest absolute Gasteiger partial charge is 0.508 e. The third-order valence-electron chi connectivity index (χ3n) is 27.0. The van der Waals surface area contributed by atoms with Crippen molar-refractivity contribution >= 4 is 120 Å². The van der Waals surface area contributed by atoms with E-state index in [0.29, 0.717) is 135 Å². The highest BCUT2D eigenvalue weighted by molar-refractivity contribution is 7.22. The van der Waals surface area contributed by atoms with Crippen LogP contribution in [0.2, 0.25) is 5.02 Å². The number of phenolic OH excluding ortho intramolecular Hbond substituents is 4. The van der Waals surface area contributed by atoms with Crippen molar-refractivity contribution in [1.29, 1.82) is 0 Å². The number of thiophene rings is 4. The summed E-state index contributed by atoms with van der Waals surface area (Å²) in [6.45, 7) is 34.9. The summed E-state index contributed by atoms with van der Waals surface area (Å²) in [5.41, 5.74) is 5.98. The Morgan fingerprint density at radius 2 is 0.568 bits per heavy atom. The number of ketones is 4. The molecule has 27 heteroatoms. The van der Waals surface area contributed by atoms with Crippen LogP contribution in [0.4, 0.5) is 8.78 Å². The van der Waals surface area contributed by atoms with Gasteiger partial charge in [-0.3, -0.25) is 19.2 Å². The van der Waals surface area contributed by atoms with Crippen molar-refractivity contribution in [3.05, 3.63) is 329 Å². The van der Waals surface area contributed by atoms with Crippen LogP contribution in [0.15, 0.2) is 243 Å². The first-order valence-electron chi connectivity index (χ1n) is 50.6. The summed E-state index contributed by atoms with van der Waals surface area (Å²) in [5.74, 6) is 9.24. The summed E-state index contributed by atoms with van der Waals surface area (Å²) in [5, 5.41) is 43.4. The van der Waals surface area contributed by atoms with Crippen LogP contribution in [-0.2, 0) is 0 Å². The number of ether oxygens (including phenoxy) is 8. The van der Waals surface area contributed by atoms with Crippen LogP contribution < -0.4 is 37.9 Å². The Hall–Kier alpha value is -13.3. The van der Waals surface area contributed by atoms with Crippen molar-refractivity contribution < 1.29 is 86.3 Å². The lowest BCUT2D eigenvalue weighted by molar-refractivity contribution is 0.103. The summed E-state index contributed by atoms with van der Waals surface area (Å²) in [4.78, 5) is 65.9. The second-order valence-corrected chi connectivity index (χ2v) is 43.8. The standard InChI is InChI=1S/C31H33NO4S.C30H30ClNO4S.2C30H30FNO4S/c1-20-5-11-26(22(3)17-20)29(34)31-30(27-12-6-23(33)18-28(27)37-31)36-25-9-7-24(8-10-25)35-16-4-14-32-15-13-21(2)19-32;1-19-12-14-32(18-19)13-3-15-35-23-7-9-24(10-8-23)36-29-25-11-6-22(33)17-27(25)37-30(29)28(34)26-16-21(31)5-4-20(26)2;1-19-12-14-32(18-19)13-3-15-35-23-6-8-24(9-7-23)36-29-26-11-5-22(33)17-27(26)37-30(29)28(34)25-10-4-21(31)16-20(25)2;1-19-12-14-32(18-19)13-3-15-35-23-7-9-24(10-8-23)36-29-25-11-6-22(33)17-27(25)37-30(29)28(34)26-16-21(31)5-4-20(26)2/h5-12,17-18,21,33H,4,13-16,19H2,1-3H3;3*4-11,16-17,19,33H,3,12-15,18H2,1-2H3/t21-;3*19-/m1111/s1. The van der Waals surface area contributed by atoms with Crippen molar-refractivity contribution in [1.82, 2.24) is 19.6 Å². The molecule has 0 bridgehead atoms. The van der Waals surface area contributed by atoms with Crippen molar-refractivity contribution in [2.24, 2.45) is 23.7 Å². The average molecular weight is 2090 g/mol. The Morgan fingerprint density at radius 3 is 0.858 bits per heavy atom. The van der Waals surface area contributed by atoms with E-state index in [0.717, 1.165) is 145 Å². The number of aryl methyl sites for hydroxylation is 5. The zero-order valence-corrected chi connectivity index (χ0v) is 88.6. The van der Waals surface area contributed by atoms with Gasteiger partial charge >= 0.3 is 0 Å². The van der Waals surface area contributed by atoms with Crippen LogP contribution in [0.25, 0.3) is 40.3 Å². The lowest BCUT2D eigenvalue weighted by atomic mass is 10.0. The van der Waals surface area contributed by atoms with Crippen LogP contribution in [0.5, 0.6) is 92.0 Å². The molecule has 8 heterocycles. The number of nitrogens with zero attached hydrogens (tertiary/aromatic N) is 4. The van der Waals surface area contributed by atoms with Crippen molar-refractivity contribution in [2.75, 3.05) is 105 Å². The predicted octanol–water partition coefficient (Wildman–Crippen LogP) is 29.4. The molecule has 0 amide bonds. The normalized spacial score (nSPS) is 15.8. The van der Waals surface area contributed by atoms with E-state index in [1.807, 2.05) is 142 Å². The Kier molecular flexibility index (Phi) is 35.3. The number of hydrogen-bond donors (Lipinski definition) is 4. The van der Waals surface area contributed by atoms with Crippen LogP contribution in [0, 0.1) is 69.9 Å². The van der Waals surface area contributed by atoms with Gasteiger partial charge in [-0.2, -0.15) is 0 Å². The van der Waals surface area contributed by atoms with E-state index in [-0.39, 0.29) is 57.5 Å². The van der Waals surface area contributed by atoms with E-state index in [2.05, 4.69) is 47.3 Å². The number of hydrogen-bond acceptors (Lipinski definition) is 24. The van der Waals surface area contributed by atoms with E-state index < -0.39 is 5.82 Å². The molecule has 4 aliphatic rings. The minimum absolute atomic E-state index is 0.0828. The number of fused-ring (bicyclic) bond motifs is 4. The van der Waals surface area contributed by atoms with Gasteiger partial charge in [-0.05, 0) is 370 Å². The van der Waals surface area contributed by atoms with E-state index in [1.54, 1.807) is 105 Å². The molecule has 20 nitrogen and oxygen atoms in total. The van der Waals surface area contributed by atoms with Crippen molar-refractivity contribution in [2.45, 2.75) is 114 Å². The third kappa shape index (κ3) is 27.3. The highest BCUT2D eigenvalue weighted by atomic mass is 35.5. The summed E-state index contributed by atoms with van der Waals surface area (Å²) in [6.07, 6.45) is 9.08. The molecule has 768 valence electrons. The molecule has 0 spiro atoms. The Bertz CT molecular complexity index is 6960. The lowest BCUT2D eigenvalue weighted by Crippen LogP contribution is -2.22. The molecule has 4 fully saturated rings. The highest BCUT2D eigenvalue weighted by Gasteiger charge is 2.32. The minimum atomic E-state index is -0.472. The smallest absolute Gasteiger partial charge is 0.207 e. The Labute approximate surface area is 883 Å². The fraction of sp³-hybridized carbons (Fsp3) is 0.306. The first-order valence-corrected chi connectivity index (χ1v) is 54.2. The van der Waals surface area contributed by atoms with Crippen LogP contribution in [-0.4, -0.2) is 168 Å². The molecule has 0 unspecified atom stereocenters. The number of halogens is 3. The summed E-state index contributed by atoms with van der Waals surface area (Å²) >= 11 is 11.3. The van der Waals surface area contributed by atoms with Crippen molar-refractivity contribution in [3.8, 4) is 92.0 Å². The maximum atomic E-state index is 13.9. The van der Waals surface area contributed by atoms with Crippen LogP contribution >= 0.6 is 56.9 Å². The molecule has 4 atom stereocenters. The first kappa shape index (κ1) is 106. The maximum Gasteiger partial charge on any atom is 0.207 e. The fourth-order valence-corrected chi connectivity index (χ4v) is 23.7. The molecule has 4 saturated heterocycles. The van der Waals surface area contributed by atoms with E-state index in [4.69, 9.17) is 49.5 Å². The van der Waals surface area contributed by atoms with Gasteiger partial charge in [0.25, 0.3) is 0 Å². The second-order valence-electron chi connectivity index (χ2n) is 39.2. The average Bonchev–Trinajstić information content (AvgIpc) is 1.63. The summed E-state index contributed by atoms with van der Waals surface area (Å²) in [6, 6.07) is 69.0. The first-order chi connectivity index (χ1) is 71.5. The molecule has 12 aromatic carbocycles. The molecule has 4 N–H and O–H groups in total. The Balaban J connectivity index is 0.000000135. The Morgan fingerprint density at radius 1 is 0.304 bits per heavy atom. The van der Waals surface area contributed by atoms with E-state index in [9.17, 15) is 48.4 Å². The third-order valence-corrected chi connectivity index (χ3v) is 31.8. The molecule has 0 radical (unpaired) electrons. The molecule has 16 aromatic rings. The molecule has 4 aromatic heterocycles. The van der Waals surface area contributed by atoms with E-state index in [1.165, 1.54) is 154 Å². The number of benzene rings is 12. The number of carbonyl (C=O) groups excluding carboxylic acids is 4. The van der Waals surface area contributed by atoms with Gasteiger partial charge in [0.05, 0.1) is 26.4 Å². The lowest BCUT2D eigenvalue weighted by Gasteiger charge is -2.15. The minimum Gasteiger partial charge on any atom is -0.508 e.